The van der Waals surface area contributed by atoms with Gasteiger partial charge in [-0.2, -0.15) is 0 Å². The van der Waals surface area contributed by atoms with Crippen molar-refractivity contribution in [1.82, 2.24) is 4.90 Å². The first-order valence-electron chi connectivity index (χ1n) is 6.86. The van der Waals surface area contributed by atoms with Crippen LogP contribution in [0.5, 0.6) is 0 Å². The average molecular weight is 366 g/mol. The van der Waals surface area contributed by atoms with Crippen LogP contribution in [0.2, 0.25) is 0 Å². The van der Waals surface area contributed by atoms with Gasteiger partial charge in [0.05, 0.1) is 10.7 Å². The van der Waals surface area contributed by atoms with Gasteiger partial charge < -0.3 is 14.4 Å². The first kappa shape index (κ1) is 16.3. The molecule has 0 aliphatic heterocycles. The molecule has 0 spiro atoms. The number of carbonyl (C=O) groups excluding carboxylic acids is 1. The summed E-state index contributed by atoms with van der Waals surface area (Å²) in [5, 5.41) is 8.75. The Labute approximate surface area is 136 Å². The molecule has 0 fully saturated rings. The van der Waals surface area contributed by atoms with E-state index < -0.39 is 5.97 Å². The number of halogens is 1. The number of carboxylic acid groups (broad SMARTS) is 1. The van der Waals surface area contributed by atoms with Crippen molar-refractivity contribution in [3.05, 3.63) is 58.5 Å². The predicted octanol–water partition coefficient (Wildman–Crippen LogP) is 3.55. The van der Waals surface area contributed by atoms with Crippen molar-refractivity contribution < 1.29 is 19.1 Å². The molecule has 0 saturated heterocycles. The zero-order valence-electron chi connectivity index (χ0n) is 11.9. The largest absolute Gasteiger partial charge is 0.481 e. The van der Waals surface area contributed by atoms with Crippen molar-refractivity contribution in [2.24, 2.45) is 0 Å². The Hall–Kier alpha value is -2.08. The highest BCUT2D eigenvalue weighted by Gasteiger charge is 2.21. The quantitative estimate of drug-likeness (QED) is 0.814. The first-order valence-corrected chi connectivity index (χ1v) is 7.65. The van der Waals surface area contributed by atoms with Gasteiger partial charge in [0.2, 0.25) is 5.76 Å². The van der Waals surface area contributed by atoms with Gasteiger partial charge in [0.1, 0.15) is 0 Å². The monoisotopic (exact) mass is 365 g/mol. The molecule has 0 radical (unpaired) electrons. The van der Waals surface area contributed by atoms with Crippen LogP contribution in [-0.2, 0) is 11.3 Å². The Balaban J connectivity index is 2.12. The van der Waals surface area contributed by atoms with Crippen LogP contribution in [0, 0.1) is 0 Å². The Bertz CT molecular complexity index is 639. The van der Waals surface area contributed by atoms with Gasteiger partial charge in [-0.3, -0.25) is 9.59 Å². The van der Waals surface area contributed by atoms with E-state index in [0.717, 1.165) is 5.56 Å². The maximum atomic E-state index is 12.6. The number of hydrogen-bond acceptors (Lipinski definition) is 3. The number of benzene rings is 1. The normalized spacial score (nSPS) is 10.4. The SMILES string of the molecule is O=C(O)CCCN(Cc1ccccc1)C(=O)c1occc1Br. The Morgan fingerprint density at radius 2 is 1.91 bits per heavy atom. The van der Waals surface area contributed by atoms with Gasteiger partial charge in [-0.25, -0.2) is 0 Å². The van der Waals surface area contributed by atoms with Gasteiger partial charge in [-0.05, 0) is 34.0 Å². The summed E-state index contributed by atoms with van der Waals surface area (Å²) in [6.45, 7) is 0.763. The van der Waals surface area contributed by atoms with Crippen LogP contribution in [0.1, 0.15) is 29.0 Å². The molecule has 0 aliphatic rings. The molecule has 2 rings (SSSR count). The number of rotatable bonds is 7. The minimum Gasteiger partial charge on any atom is -0.481 e. The van der Waals surface area contributed by atoms with Gasteiger partial charge in [-0.1, -0.05) is 30.3 Å². The van der Waals surface area contributed by atoms with Crippen LogP contribution in [0.25, 0.3) is 0 Å². The highest BCUT2D eigenvalue weighted by atomic mass is 79.9. The topological polar surface area (TPSA) is 70.8 Å². The number of nitrogens with zero attached hydrogens (tertiary/aromatic N) is 1. The lowest BCUT2D eigenvalue weighted by molar-refractivity contribution is -0.137. The van der Waals surface area contributed by atoms with Gasteiger partial charge in [-0.15, -0.1) is 0 Å². The maximum Gasteiger partial charge on any atom is 0.303 e. The van der Waals surface area contributed by atoms with Crippen LogP contribution in [0.3, 0.4) is 0 Å². The van der Waals surface area contributed by atoms with Crippen LogP contribution in [-0.4, -0.2) is 28.4 Å². The van der Waals surface area contributed by atoms with Crippen LogP contribution in [0.15, 0.2) is 51.6 Å². The lowest BCUT2D eigenvalue weighted by Crippen LogP contribution is -2.31. The zero-order chi connectivity index (χ0) is 15.9. The third-order valence-electron chi connectivity index (χ3n) is 3.13. The van der Waals surface area contributed by atoms with E-state index in [4.69, 9.17) is 9.52 Å². The zero-order valence-corrected chi connectivity index (χ0v) is 13.5. The van der Waals surface area contributed by atoms with Crippen molar-refractivity contribution in [3.63, 3.8) is 0 Å². The molecule has 2 aromatic rings. The van der Waals surface area contributed by atoms with Crippen LogP contribution < -0.4 is 0 Å². The molecule has 0 aliphatic carbocycles. The van der Waals surface area contributed by atoms with Gasteiger partial charge >= 0.3 is 5.97 Å². The Kier molecular flexibility index (Phi) is 5.77. The molecular formula is C16H16BrNO4. The van der Waals surface area contributed by atoms with Crippen molar-refractivity contribution >= 4 is 27.8 Å². The molecule has 0 bridgehead atoms. The molecule has 0 saturated carbocycles. The number of carboxylic acids is 1. The van der Waals surface area contributed by atoms with Crippen molar-refractivity contribution in [1.29, 1.82) is 0 Å². The van der Waals surface area contributed by atoms with E-state index in [9.17, 15) is 9.59 Å². The fourth-order valence-corrected chi connectivity index (χ4v) is 2.44. The number of carbonyl (C=O) groups is 2. The predicted molar refractivity (Wildman–Crippen MR) is 84.5 cm³/mol. The number of hydrogen-bond donors (Lipinski definition) is 1. The van der Waals surface area contributed by atoms with Crippen molar-refractivity contribution in [2.45, 2.75) is 19.4 Å². The molecular weight excluding hydrogens is 350 g/mol. The number of furan rings is 1. The minimum atomic E-state index is -0.869. The van der Waals surface area contributed by atoms with E-state index in [1.807, 2.05) is 30.3 Å². The van der Waals surface area contributed by atoms with E-state index in [2.05, 4.69) is 15.9 Å². The molecule has 22 heavy (non-hydrogen) atoms. The van der Waals surface area contributed by atoms with E-state index in [0.29, 0.717) is 24.0 Å². The van der Waals surface area contributed by atoms with E-state index in [1.54, 1.807) is 11.0 Å². The fourth-order valence-electron chi connectivity index (χ4n) is 2.07. The standard InChI is InChI=1S/C16H16BrNO4/c17-13-8-10-22-15(13)16(21)18(9-4-7-14(19)20)11-12-5-2-1-3-6-12/h1-3,5-6,8,10H,4,7,9,11H2,(H,19,20). The first-order chi connectivity index (χ1) is 10.6. The minimum absolute atomic E-state index is 0.0257. The molecule has 1 aromatic carbocycles. The summed E-state index contributed by atoms with van der Waals surface area (Å²) in [6, 6.07) is 11.2. The lowest BCUT2D eigenvalue weighted by atomic mass is 10.2. The smallest absolute Gasteiger partial charge is 0.303 e. The highest BCUT2D eigenvalue weighted by molar-refractivity contribution is 9.10. The Morgan fingerprint density at radius 3 is 2.50 bits per heavy atom. The fraction of sp³-hybridized carbons (Fsp3) is 0.250. The van der Waals surface area contributed by atoms with E-state index >= 15 is 0 Å². The summed E-state index contributed by atoms with van der Waals surface area (Å²) in [5.74, 6) is -0.899. The molecule has 1 aromatic heterocycles. The lowest BCUT2D eigenvalue weighted by Gasteiger charge is -2.21. The summed E-state index contributed by atoms with van der Waals surface area (Å²) in [7, 11) is 0. The van der Waals surface area contributed by atoms with Crippen LogP contribution >= 0.6 is 15.9 Å². The van der Waals surface area contributed by atoms with Crippen LogP contribution in [0.4, 0.5) is 0 Å². The van der Waals surface area contributed by atoms with Crippen molar-refractivity contribution in [2.75, 3.05) is 6.54 Å². The van der Waals surface area contributed by atoms with E-state index in [1.165, 1.54) is 6.26 Å². The third kappa shape index (κ3) is 4.46. The maximum absolute atomic E-state index is 12.6. The Morgan fingerprint density at radius 1 is 1.18 bits per heavy atom. The van der Waals surface area contributed by atoms with Gasteiger partial charge in [0.15, 0.2) is 0 Å². The summed E-state index contributed by atoms with van der Waals surface area (Å²) < 4.78 is 5.81. The molecule has 0 atom stereocenters. The summed E-state index contributed by atoms with van der Waals surface area (Å²) >= 11 is 3.28. The van der Waals surface area contributed by atoms with Crippen molar-refractivity contribution in [3.8, 4) is 0 Å². The second-order valence-corrected chi connectivity index (χ2v) is 5.66. The molecule has 116 valence electrons. The van der Waals surface area contributed by atoms with Gasteiger partial charge in [0, 0.05) is 19.5 Å². The molecule has 5 nitrogen and oxygen atoms in total. The molecule has 6 heteroatoms. The third-order valence-corrected chi connectivity index (χ3v) is 3.76. The highest BCUT2D eigenvalue weighted by Crippen LogP contribution is 2.20. The second-order valence-electron chi connectivity index (χ2n) is 4.81. The number of aliphatic carboxylic acids is 1. The summed E-state index contributed by atoms with van der Waals surface area (Å²) in [5.41, 5.74) is 0.980. The summed E-state index contributed by atoms with van der Waals surface area (Å²) in [4.78, 5) is 24.8. The van der Waals surface area contributed by atoms with Gasteiger partial charge in [0.25, 0.3) is 5.91 Å². The molecule has 1 heterocycles. The molecule has 1 N–H and O–H groups in total. The average Bonchev–Trinajstić information content (AvgIpc) is 2.92. The second kappa shape index (κ2) is 7.79. The molecule has 0 unspecified atom stereocenters. The molecule has 1 amide bonds. The number of amides is 1. The van der Waals surface area contributed by atoms with E-state index in [-0.39, 0.29) is 18.1 Å². The summed E-state index contributed by atoms with van der Waals surface area (Å²) in [6.07, 6.45) is 1.86.